The highest BCUT2D eigenvalue weighted by atomic mass is 16.1. The summed E-state index contributed by atoms with van der Waals surface area (Å²) in [4.78, 5) is 18.1. The van der Waals surface area contributed by atoms with Crippen molar-refractivity contribution >= 4 is 5.91 Å². The van der Waals surface area contributed by atoms with Gasteiger partial charge in [-0.15, -0.1) is 0 Å². The first-order chi connectivity index (χ1) is 8.95. The highest BCUT2D eigenvalue weighted by molar-refractivity contribution is 5.92. The summed E-state index contributed by atoms with van der Waals surface area (Å²) in [5, 5.41) is 2.60. The lowest BCUT2D eigenvalue weighted by Gasteiger charge is -2.30. The molecule has 106 valence electrons. The number of hydrogen-bond acceptors (Lipinski definition) is 3. The zero-order chi connectivity index (χ0) is 14.4. The summed E-state index contributed by atoms with van der Waals surface area (Å²) >= 11 is 0. The molecular formula is C15H25N3O. The number of rotatable bonds is 6. The number of aromatic nitrogens is 1. The van der Waals surface area contributed by atoms with Crippen LogP contribution in [0.2, 0.25) is 0 Å². The molecule has 1 amide bonds. The number of nitrogens with zero attached hydrogens (tertiary/aromatic N) is 2. The number of hydrogen-bond donors (Lipinski definition) is 1. The van der Waals surface area contributed by atoms with Gasteiger partial charge >= 0.3 is 0 Å². The Balaban J connectivity index is 2.69. The van der Waals surface area contributed by atoms with E-state index < -0.39 is 0 Å². The summed E-state index contributed by atoms with van der Waals surface area (Å²) in [6.45, 7) is 9.84. The first-order valence-corrected chi connectivity index (χ1v) is 6.88. The van der Waals surface area contributed by atoms with Gasteiger partial charge in [0.2, 0.25) is 0 Å². The maximum Gasteiger partial charge on any atom is 0.269 e. The normalized spacial score (nSPS) is 11.4. The molecular weight excluding hydrogens is 238 g/mol. The molecule has 0 fully saturated rings. The Morgan fingerprint density at radius 2 is 1.95 bits per heavy atom. The second-order valence-electron chi connectivity index (χ2n) is 5.30. The van der Waals surface area contributed by atoms with Crippen molar-refractivity contribution in [1.82, 2.24) is 15.2 Å². The van der Waals surface area contributed by atoms with E-state index in [4.69, 9.17) is 0 Å². The third-order valence-electron chi connectivity index (χ3n) is 3.27. The largest absolute Gasteiger partial charge is 0.354 e. The molecule has 0 aromatic carbocycles. The van der Waals surface area contributed by atoms with E-state index in [1.54, 1.807) is 13.2 Å². The number of pyridine rings is 1. The van der Waals surface area contributed by atoms with Gasteiger partial charge in [0.05, 0.1) is 0 Å². The fraction of sp³-hybridized carbons (Fsp3) is 0.600. The molecule has 19 heavy (non-hydrogen) atoms. The van der Waals surface area contributed by atoms with E-state index in [1.165, 1.54) is 0 Å². The topological polar surface area (TPSA) is 45.2 Å². The number of nitrogens with one attached hydrogen (secondary N) is 1. The van der Waals surface area contributed by atoms with Crippen LogP contribution in [0.25, 0.3) is 0 Å². The molecule has 0 aliphatic rings. The highest BCUT2D eigenvalue weighted by Gasteiger charge is 2.13. The maximum absolute atomic E-state index is 11.5. The third kappa shape index (κ3) is 4.63. The highest BCUT2D eigenvalue weighted by Crippen LogP contribution is 2.09. The fourth-order valence-corrected chi connectivity index (χ4v) is 2.25. The molecule has 0 aliphatic carbocycles. The number of amides is 1. The van der Waals surface area contributed by atoms with E-state index in [9.17, 15) is 4.79 Å². The minimum Gasteiger partial charge on any atom is -0.354 e. The van der Waals surface area contributed by atoms with Crippen LogP contribution in [0.3, 0.4) is 0 Å². The molecule has 0 saturated heterocycles. The van der Waals surface area contributed by atoms with Gasteiger partial charge in [-0.2, -0.15) is 0 Å². The second-order valence-corrected chi connectivity index (χ2v) is 5.30. The van der Waals surface area contributed by atoms with Crippen molar-refractivity contribution in [2.75, 3.05) is 13.6 Å². The van der Waals surface area contributed by atoms with Gasteiger partial charge < -0.3 is 5.32 Å². The van der Waals surface area contributed by atoms with Gasteiger partial charge in [0, 0.05) is 31.9 Å². The lowest BCUT2D eigenvalue weighted by Crippen LogP contribution is -2.38. The minimum atomic E-state index is -0.133. The first kappa shape index (κ1) is 15.6. The second kappa shape index (κ2) is 7.24. The van der Waals surface area contributed by atoms with Crippen molar-refractivity contribution in [1.29, 1.82) is 0 Å². The molecule has 0 spiro atoms. The van der Waals surface area contributed by atoms with E-state index >= 15 is 0 Å². The Morgan fingerprint density at radius 3 is 2.47 bits per heavy atom. The molecule has 0 radical (unpaired) electrons. The molecule has 0 atom stereocenters. The number of carbonyl (C=O) groups is 1. The SMILES string of the molecule is CNC(=O)c1cc(CCN(C(C)C)C(C)C)ccn1. The number of carbonyl (C=O) groups excluding carboxylic acids is 1. The van der Waals surface area contributed by atoms with E-state index in [0.717, 1.165) is 18.5 Å². The van der Waals surface area contributed by atoms with Crippen LogP contribution in [-0.2, 0) is 6.42 Å². The van der Waals surface area contributed by atoms with E-state index in [0.29, 0.717) is 17.8 Å². The van der Waals surface area contributed by atoms with E-state index in [-0.39, 0.29) is 5.91 Å². The Labute approximate surface area is 116 Å². The van der Waals surface area contributed by atoms with Crippen LogP contribution in [0.1, 0.15) is 43.7 Å². The minimum absolute atomic E-state index is 0.133. The van der Waals surface area contributed by atoms with Gasteiger partial charge in [0.15, 0.2) is 0 Å². The standard InChI is InChI=1S/C15H25N3O/c1-11(2)18(12(3)4)9-7-13-6-8-17-14(10-13)15(19)16-5/h6,8,10-12H,7,9H2,1-5H3,(H,16,19). The molecule has 0 aliphatic heterocycles. The molecule has 0 saturated carbocycles. The maximum atomic E-state index is 11.5. The van der Waals surface area contributed by atoms with Crippen molar-refractivity contribution in [3.63, 3.8) is 0 Å². The summed E-state index contributed by atoms with van der Waals surface area (Å²) in [7, 11) is 1.62. The zero-order valence-electron chi connectivity index (χ0n) is 12.6. The summed E-state index contributed by atoms with van der Waals surface area (Å²) in [5.74, 6) is -0.133. The van der Waals surface area contributed by atoms with Gasteiger partial charge in [-0.3, -0.25) is 14.7 Å². The van der Waals surface area contributed by atoms with Gasteiger partial charge in [0.1, 0.15) is 5.69 Å². The van der Waals surface area contributed by atoms with Gasteiger partial charge in [-0.05, 0) is 51.8 Å². The van der Waals surface area contributed by atoms with Crippen molar-refractivity contribution in [3.8, 4) is 0 Å². The van der Waals surface area contributed by atoms with E-state index in [1.807, 2.05) is 12.1 Å². The van der Waals surface area contributed by atoms with Crippen LogP contribution < -0.4 is 5.32 Å². The first-order valence-electron chi connectivity index (χ1n) is 6.88. The molecule has 0 unspecified atom stereocenters. The quantitative estimate of drug-likeness (QED) is 0.855. The van der Waals surface area contributed by atoms with Gasteiger partial charge in [-0.1, -0.05) is 0 Å². The van der Waals surface area contributed by atoms with Crippen LogP contribution in [-0.4, -0.2) is 41.5 Å². The van der Waals surface area contributed by atoms with Crippen molar-refractivity contribution < 1.29 is 4.79 Å². The predicted octanol–water partition coefficient (Wildman–Crippen LogP) is 2.10. The fourth-order valence-electron chi connectivity index (χ4n) is 2.25. The Kier molecular flexibility index (Phi) is 5.96. The summed E-state index contributed by atoms with van der Waals surface area (Å²) < 4.78 is 0. The summed E-state index contributed by atoms with van der Waals surface area (Å²) in [6.07, 6.45) is 2.64. The van der Waals surface area contributed by atoms with Crippen molar-refractivity contribution in [2.24, 2.45) is 0 Å². The van der Waals surface area contributed by atoms with Crippen LogP contribution in [0.15, 0.2) is 18.3 Å². The predicted molar refractivity (Wildman–Crippen MR) is 78.3 cm³/mol. The average Bonchev–Trinajstić information content (AvgIpc) is 2.37. The van der Waals surface area contributed by atoms with Crippen LogP contribution in [0, 0.1) is 0 Å². The third-order valence-corrected chi connectivity index (χ3v) is 3.27. The smallest absolute Gasteiger partial charge is 0.269 e. The molecule has 4 heteroatoms. The molecule has 1 rings (SSSR count). The van der Waals surface area contributed by atoms with Crippen molar-refractivity contribution in [2.45, 2.75) is 46.2 Å². The van der Waals surface area contributed by atoms with Crippen LogP contribution in [0.4, 0.5) is 0 Å². The molecule has 0 bridgehead atoms. The van der Waals surface area contributed by atoms with Crippen molar-refractivity contribution in [3.05, 3.63) is 29.6 Å². The van der Waals surface area contributed by atoms with E-state index in [2.05, 4.69) is 42.9 Å². The molecule has 1 aromatic rings. The zero-order valence-corrected chi connectivity index (χ0v) is 12.6. The van der Waals surface area contributed by atoms with Crippen LogP contribution in [0.5, 0.6) is 0 Å². The molecule has 1 aromatic heterocycles. The molecule has 4 nitrogen and oxygen atoms in total. The molecule has 1 N–H and O–H groups in total. The lowest BCUT2D eigenvalue weighted by molar-refractivity contribution is 0.0958. The monoisotopic (exact) mass is 263 g/mol. The average molecular weight is 263 g/mol. The van der Waals surface area contributed by atoms with Gasteiger partial charge in [-0.25, -0.2) is 0 Å². The summed E-state index contributed by atoms with van der Waals surface area (Å²) in [6, 6.07) is 4.91. The van der Waals surface area contributed by atoms with Crippen LogP contribution >= 0.6 is 0 Å². The Hall–Kier alpha value is -1.42. The Morgan fingerprint density at radius 1 is 1.32 bits per heavy atom. The Bertz CT molecular complexity index is 408. The lowest BCUT2D eigenvalue weighted by atomic mass is 10.1. The molecule has 1 heterocycles. The summed E-state index contributed by atoms with van der Waals surface area (Å²) in [5.41, 5.74) is 1.64. The van der Waals surface area contributed by atoms with Gasteiger partial charge in [0.25, 0.3) is 5.91 Å².